The maximum absolute atomic E-state index is 13.4. The Balaban J connectivity index is 0.933. The number of hydrogen-bond donors (Lipinski definition) is 4. The van der Waals surface area contributed by atoms with Crippen molar-refractivity contribution in [2.45, 2.75) is 23.0 Å². The minimum absolute atomic E-state index is 0.152. The van der Waals surface area contributed by atoms with E-state index < -0.39 is 42.1 Å². The van der Waals surface area contributed by atoms with Crippen LogP contribution in [0.5, 0.6) is 23.0 Å². The highest BCUT2D eigenvalue weighted by Crippen LogP contribution is 2.27. The fourth-order valence-electron chi connectivity index (χ4n) is 5.78. The molecule has 0 spiro atoms. The molecule has 0 aromatic heterocycles. The molecule has 0 saturated heterocycles. The Bertz CT molecular complexity index is 2710. The fourth-order valence-corrected chi connectivity index (χ4v) is 7.80. The molecule has 4 N–H and O–H groups in total. The summed E-state index contributed by atoms with van der Waals surface area (Å²) in [6, 6.07) is 47.4. The largest absolute Gasteiger partial charge is 0.489 e. The third-order valence-electron chi connectivity index (χ3n) is 8.66. The van der Waals surface area contributed by atoms with E-state index in [2.05, 4.69) is 21.3 Å². The van der Waals surface area contributed by atoms with Gasteiger partial charge in [0.05, 0.1) is 0 Å². The molecule has 314 valence electrons. The van der Waals surface area contributed by atoms with E-state index in [1.54, 1.807) is 48.5 Å². The topological polar surface area (TPSA) is 187 Å². The first kappa shape index (κ1) is 42.3. The van der Waals surface area contributed by atoms with Gasteiger partial charge in [-0.15, -0.1) is 0 Å². The smallest absolute Gasteiger partial charge is 0.339 e. The summed E-state index contributed by atoms with van der Waals surface area (Å²) in [6.45, 7) is 0.695. The summed E-state index contributed by atoms with van der Waals surface area (Å²) in [7, 11) is -9.17. The maximum atomic E-state index is 13.4. The zero-order valence-corrected chi connectivity index (χ0v) is 34.3. The SMILES string of the molecule is O=C(Nc1cccc(OCc2ccccc2)c1)Nc1cccc(OS(=O)(=O)c2cccc(S(=O)(=O)Oc3cccc(NC(=O)Nc4cccc(OCc5ccccc5)c4)c3)c2)c1. The van der Waals surface area contributed by atoms with Gasteiger partial charge in [-0.05, 0) is 77.9 Å². The number of benzene rings is 7. The lowest BCUT2D eigenvalue weighted by Crippen LogP contribution is -2.19. The lowest BCUT2D eigenvalue weighted by atomic mass is 10.2. The van der Waals surface area contributed by atoms with Crippen LogP contribution >= 0.6 is 0 Å². The van der Waals surface area contributed by atoms with Crippen molar-refractivity contribution < 1.29 is 44.3 Å². The predicted octanol–water partition coefficient (Wildman–Crippen LogP) is 9.67. The quantitative estimate of drug-likeness (QED) is 0.0681. The van der Waals surface area contributed by atoms with Crippen LogP contribution in [0, 0.1) is 0 Å². The second-order valence-corrected chi connectivity index (χ2v) is 16.5. The maximum Gasteiger partial charge on any atom is 0.339 e. The van der Waals surface area contributed by atoms with Crippen LogP contribution < -0.4 is 39.1 Å². The number of ether oxygens (including phenoxy) is 2. The van der Waals surface area contributed by atoms with E-state index in [0.717, 1.165) is 29.3 Å². The molecular weight excluding hydrogens is 833 g/mol. The van der Waals surface area contributed by atoms with Crippen molar-refractivity contribution in [2.24, 2.45) is 0 Å². The molecule has 0 radical (unpaired) electrons. The summed E-state index contributed by atoms with van der Waals surface area (Å²) in [5.41, 5.74) is 3.31. The molecule has 0 saturated carbocycles. The number of nitrogens with one attached hydrogen (secondary N) is 4. The van der Waals surface area contributed by atoms with Crippen LogP contribution in [0.3, 0.4) is 0 Å². The van der Waals surface area contributed by atoms with Gasteiger partial charge >= 0.3 is 32.3 Å². The van der Waals surface area contributed by atoms with Crippen LogP contribution in [0.1, 0.15) is 11.1 Å². The lowest BCUT2D eigenvalue weighted by molar-refractivity contribution is 0.261. The number of anilines is 4. The molecule has 0 fully saturated rings. The lowest BCUT2D eigenvalue weighted by Gasteiger charge is -2.13. The Morgan fingerprint density at radius 3 is 1.06 bits per heavy atom. The molecule has 7 aromatic rings. The van der Waals surface area contributed by atoms with Crippen LogP contribution in [0.4, 0.5) is 32.3 Å². The molecule has 7 rings (SSSR count). The van der Waals surface area contributed by atoms with Gasteiger partial charge in [0, 0.05) is 47.0 Å². The average Bonchev–Trinajstić information content (AvgIpc) is 3.26. The number of urea groups is 2. The van der Waals surface area contributed by atoms with Gasteiger partial charge < -0.3 is 39.1 Å². The monoisotopic (exact) mass is 870 g/mol. The summed E-state index contributed by atoms with van der Waals surface area (Å²) >= 11 is 0. The summed E-state index contributed by atoms with van der Waals surface area (Å²) in [5, 5.41) is 10.7. The molecule has 0 aliphatic carbocycles. The van der Waals surface area contributed by atoms with Crippen LogP contribution in [0.15, 0.2) is 192 Å². The van der Waals surface area contributed by atoms with Crippen LogP contribution in [-0.2, 0) is 33.5 Å². The zero-order chi connectivity index (χ0) is 43.4. The van der Waals surface area contributed by atoms with E-state index in [9.17, 15) is 26.4 Å². The van der Waals surface area contributed by atoms with Crippen LogP contribution in [-0.4, -0.2) is 28.9 Å². The van der Waals surface area contributed by atoms with Crippen molar-refractivity contribution in [1.29, 1.82) is 0 Å². The Labute approximate surface area is 358 Å². The number of hydrogen-bond acceptors (Lipinski definition) is 10. The molecule has 0 heterocycles. The highest BCUT2D eigenvalue weighted by molar-refractivity contribution is 7.88. The highest BCUT2D eigenvalue weighted by Gasteiger charge is 2.23. The molecule has 14 nitrogen and oxygen atoms in total. The average molecular weight is 871 g/mol. The molecule has 7 aromatic carbocycles. The molecule has 0 aliphatic heterocycles. The molecular formula is C46H38N4O10S2. The van der Waals surface area contributed by atoms with Gasteiger partial charge in [-0.1, -0.05) is 91.0 Å². The third-order valence-corrected chi connectivity index (χ3v) is 11.1. The van der Waals surface area contributed by atoms with Crippen molar-refractivity contribution in [3.8, 4) is 23.0 Å². The second kappa shape index (κ2) is 19.5. The van der Waals surface area contributed by atoms with E-state index >= 15 is 0 Å². The third kappa shape index (κ3) is 12.1. The van der Waals surface area contributed by atoms with Gasteiger partial charge in [0.15, 0.2) is 0 Å². The molecule has 0 atom stereocenters. The van der Waals surface area contributed by atoms with E-state index in [-0.39, 0.29) is 22.9 Å². The summed E-state index contributed by atoms with van der Waals surface area (Å²) in [5.74, 6) is 0.787. The first-order valence-electron chi connectivity index (χ1n) is 18.8. The molecule has 0 aliphatic rings. The molecule has 0 bridgehead atoms. The highest BCUT2D eigenvalue weighted by atomic mass is 32.2. The van der Waals surface area contributed by atoms with E-state index in [1.165, 1.54) is 54.6 Å². The standard InChI is InChI=1S/C46H38N4O10S2/c51-45(47-35-16-7-20-39(26-35)57-31-33-12-3-1-4-13-33)49-37-18-9-22-41(28-37)59-61(53,54)43-24-11-25-44(30-43)62(55,56)60-42-23-10-19-38(29-42)50-46(52)48-36-17-8-21-40(27-36)58-32-34-14-5-2-6-15-34/h1-30H,31-32H2,(H2,47,49,51)(H2,48,50,52). The van der Waals surface area contributed by atoms with Crippen molar-refractivity contribution in [3.05, 3.63) is 193 Å². The normalized spacial score (nSPS) is 11.1. The van der Waals surface area contributed by atoms with Gasteiger partial charge in [0.2, 0.25) is 0 Å². The van der Waals surface area contributed by atoms with Crippen LogP contribution in [0.25, 0.3) is 0 Å². The van der Waals surface area contributed by atoms with Gasteiger partial charge in [-0.2, -0.15) is 16.8 Å². The Morgan fingerprint density at radius 1 is 0.371 bits per heavy atom. The number of amides is 4. The van der Waals surface area contributed by atoms with Gasteiger partial charge in [0.25, 0.3) is 0 Å². The van der Waals surface area contributed by atoms with Crippen molar-refractivity contribution in [2.75, 3.05) is 21.3 Å². The number of rotatable bonds is 16. The Morgan fingerprint density at radius 2 is 0.694 bits per heavy atom. The van der Waals surface area contributed by atoms with E-state index in [4.69, 9.17) is 17.8 Å². The Kier molecular flexibility index (Phi) is 13.3. The van der Waals surface area contributed by atoms with Crippen molar-refractivity contribution in [3.63, 3.8) is 0 Å². The van der Waals surface area contributed by atoms with Gasteiger partial charge in [0.1, 0.15) is 46.0 Å². The van der Waals surface area contributed by atoms with E-state index in [1.807, 2.05) is 60.7 Å². The summed E-state index contributed by atoms with van der Waals surface area (Å²) < 4.78 is 75.7. The summed E-state index contributed by atoms with van der Waals surface area (Å²) in [4.78, 5) is 24.7. The molecule has 16 heteroatoms. The molecule has 0 unspecified atom stereocenters. The molecule has 4 amide bonds. The fraction of sp³-hybridized carbons (Fsp3) is 0.0435. The van der Waals surface area contributed by atoms with Crippen molar-refractivity contribution >= 4 is 55.0 Å². The van der Waals surface area contributed by atoms with Gasteiger partial charge in [-0.3, -0.25) is 0 Å². The van der Waals surface area contributed by atoms with Gasteiger partial charge in [-0.25, -0.2) is 9.59 Å². The second-order valence-electron chi connectivity index (χ2n) is 13.4. The Hall–Kier alpha value is -7.82. The van der Waals surface area contributed by atoms with Crippen LogP contribution in [0.2, 0.25) is 0 Å². The van der Waals surface area contributed by atoms with Crippen molar-refractivity contribution in [1.82, 2.24) is 0 Å². The number of carbonyl (C=O) groups is 2. The zero-order valence-electron chi connectivity index (χ0n) is 32.6. The molecule has 62 heavy (non-hydrogen) atoms. The minimum atomic E-state index is -4.58. The minimum Gasteiger partial charge on any atom is -0.489 e. The number of carbonyl (C=O) groups excluding carboxylic acids is 2. The van der Waals surface area contributed by atoms with E-state index in [0.29, 0.717) is 36.1 Å². The summed E-state index contributed by atoms with van der Waals surface area (Å²) in [6.07, 6.45) is 0. The first-order chi connectivity index (χ1) is 30.0. The predicted molar refractivity (Wildman–Crippen MR) is 235 cm³/mol. The first-order valence-corrected chi connectivity index (χ1v) is 21.7.